The molecule has 1 amide bonds. The molecule has 2 aromatic rings. The average molecular weight is 473 g/mol. The standard InChI is InChI=1S/C24H28N2O6S/c1-33(29,30)25-17-6-7-21-19(10-17)20-11-18(31-22(14-27)24(20)32-21)12-23(28)26-9-8-15-4-2-3-5-16(15)13-26/h2-7,10,18,20,22,24-25,27H,8-9,11-14H2,1H3/t18-,20+,22-,24-/m1/s1. The van der Waals surface area contributed by atoms with Gasteiger partial charge >= 0.3 is 0 Å². The lowest BCUT2D eigenvalue weighted by Crippen LogP contribution is -2.48. The lowest BCUT2D eigenvalue weighted by molar-refractivity contribution is -0.149. The molecule has 0 aromatic heterocycles. The van der Waals surface area contributed by atoms with Crippen LogP contribution in [0.2, 0.25) is 0 Å². The third kappa shape index (κ3) is 4.58. The van der Waals surface area contributed by atoms with Crippen LogP contribution in [0.15, 0.2) is 42.5 Å². The highest BCUT2D eigenvalue weighted by molar-refractivity contribution is 7.92. The zero-order valence-corrected chi connectivity index (χ0v) is 19.3. The average Bonchev–Trinajstić information content (AvgIpc) is 3.15. The molecule has 0 bridgehead atoms. The summed E-state index contributed by atoms with van der Waals surface area (Å²) in [6, 6.07) is 13.4. The largest absolute Gasteiger partial charge is 0.487 e. The molecule has 0 spiro atoms. The Morgan fingerprint density at radius 1 is 1.21 bits per heavy atom. The normalized spacial score (nSPS) is 26.1. The summed E-state index contributed by atoms with van der Waals surface area (Å²) < 4.78 is 37.9. The molecule has 3 heterocycles. The molecular formula is C24H28N2O6S. The topological polar surface area (TPSA) is 105 Å². The fourth-order valence-electron chi connectivity index (χ4n) is 5.20. The zero-order valence-electron chi connectivity index (χ0n) is 18.4. The smallest absolute Gasteiger partial charge is 0.229 e. The van der Waals surface area contributed by atoms with Crippen LogP contribution >= 0.6 is 0 Å². The van der Waals surface area contributed by atoms with Crippen LogP contribution in [0.3, 0.4) is 0 Å². The van der Waals surface area contributed by atoms with E-state index in [1.807, 2.05) is 17.0 Å². The first kappa shape index (κ1) is 22.2. The molecule has 33 heavy (non-hydrogen) atoms. The number of nitrogens with one attached hydrogen (secondary N) is 1. The summed E-state index contributed by atoms with van der Waals surface area (Å²) in [6.07, 6.45) is 1.47. The first-order valence-electron chi connectivity index (χ1n) is 11.2. The molecule has 0 saturated carbocycles. The lowest BCUT2D eigenvalue weighted by atomic mass is 9.84. The minimum absolute atomic E-state index is 0.0382. The number of sulfonamides is 1. The van der Waals surface area contributed by atoms with Crippen LogP contribution in [0, 0.1) is 0 Å². The Morgan fingerprint density at radius 3 is 2.76 bits per heavy atom. The molecule has 0 aliphatic carbocycles. The minimum Gasteiger partial charge on any atom is -0.487 e. The van der Waals surface area contributed by atoms with Gasteiger partial charge in [0.25, 0.3) is 0 Å². The summed E-state index contributed by atoms with van der Waals surface area (Å²) in [4.78, 5) is 15.0. The van der Waals surface area contributed by atoms with E-state index in [9.17, 15) is 18.3 Å². The van der Waals surface area contributed by atoms with Crippen molar-refractivity contribution in [3.63, 3.8) is 0 Å². The molecule has 5 rings (SSSR count). The summed E-state index contributed by atoms with van der Waals surface area (Å²) in [5.74, 6) is 0.606. The van der Waals surface area contributed by atoms with Gasteiger partial charge in [-0.05, 0) is 42.2 Å². The first-order valence-corrected chi connectivity index (χ1v) is 13.1. The number of hydrogen-bond donors (Lipinski definition) is 2. The van der Waals surface area contributed by atoms with Crippen LogP contribution in [0.25, 0.3) is 0 Å². The van der Waals surface area contributed by atoms with Gasteiger partial charge in [0.05, 0.1) is 25.4 Å². The molecule has 8 nitrogen and oxygen atoms in total. The molecule has 0 unspecified atom stereocenters. The van der Waals surface area contributed by atoms with Gasteiger partial charge in [-0.3, -0.25) is 9.52 Å². The zero-order chi connectivity index (χ0) is 23.2. The number of benzene rings is 2. The van der Waals surface area contributed by atoms with E-state index >= 15 is 0 Å². The maximum absolute atomic E-state index is 13.1. The summed E-state index contributed by atoms with van der Waals surface area (Å²) in [6.45, 7) is 1.07. The molecule has 0 radical (unpaired) electrons. The van der Waals surface area contributed by atoms with Crippen molar-refractivity contribution in [2.24, 2.45) is 0 Å². The van der Waals surface area contributed by atoms with Crippen LogP contribution in [-0.4, -0.2) is 62.1 Å². The van der Waals surface area contributed by atoms with Crippen molar-refractivity contribution in [3.05, 3.63) is 59.2 Å². The number of anilines is 1. The number of amides is 1. The van der Waals surface area contributed by atoms with Crippen molar-refractivity contribution in [1.82, 2.24) is 4.90 Å². The van der Waals surface area contributed by atoms with Crippen molar-refractivity contribution in [2.45, 2.75) is 50.0 Å². The van der Waals surface area contributed by atoms with E-state index in [2.05, 4.69) is 16.9 Å². The molecule has 2 N–H and O–H groups in total. The van der Waals surface area contributed by atoms with E-state index in [-0.39, 0.29) is 37.1 Å². The van der Waals surface area contributed by atoms with E-state index in [1.54, 1.807) is 18.2 Å². The minimum atomic E-state index is -3.41. The predicted octanol–water partition coefficient (Wildman–Crippen LogP) is 2.03. The summed E-state index contributed by atoms with van der Waals surface area (Å²) in [5.41, 5.74) is 3.81. The highest BCUT2D eigenvalue weighted by Gasteiger charge is 2.46. The Kier molecular flexibility index (Phi) is 5.80. The molecule has 3 aliphatic rings. The van der Waals surface area contributed by atoms with Crippen molar-refractivity contribution in [3.8, 4) is 5.75 Å². The quantitative estimate of drug-likeness (QED) is 0.690. The summed E-state index contributed by atoms with van der Waals surface area (Å²) >= 11 is 0. The van der Waals surface area contributed by atoms with E-state index in [4.69, 9.17) is 9.47 Å². The predicted molar refractivity (Wildman–Crippen MR) is 123 cm³/mol. The highest BCUT2D eigenvalue weighted by atomic mass is 32.2. The number of hydrogen-bond acceptors (Lipinski definition) is 6. The Morgan fingerprint density at radius 2 is 2.00 bits per heavy atom. The molecule has 3 aliphatic heterocycles. The Balaban J connectivity index is 1.31. The number of carbonyl (C=O) groups excluding carboxylic acids is 1. The van der Waals surface area contributed by atoms with Gasteiger partial charge in [0.2, 0.25) is 15.9 Å². The number of aliphatic hydroxyl groups is 1. The van der Waals surface area contributed by atoms with Crippen molar-refractivity contribution >= 4 is 21.6 Å². The van der Waals surface area contributed by atoms with E-state index < -0.39 is 16.1 Å². The number of rotatable bonds is 5. The van der Waals surface area contributed by atoms with Crippen LogP contribution in [0.1, 0.15) is 35.4 Å². The Hall–Kier alpha value is -2.62. The molecule has 1 saturated heterocycles. The maximum atomic E-state index is 13.1. The van der Waals surface area contributed by atoms with E-state index in [1.165, 1.54) is 11.1 Å². The fraction of sp³-hybridized carbons (Fsp3) is 0.458. The SMILES string of the molecule is CS(=O)(=O)Nc1ccc2c(c1)[C@@H]1C[C@H](CC(=O)N3CCc4ccccc4C3)O[C@H](CO)[C@@H]1O2. The summed E-state index contributed by atoms with van der Waals surface area (Å²) in [7, 11) is -3.41. The van der Waals surface area contributed by atoms with E-state index in [0.717, 1.165) is 18.2 Å². The fourth-order valence-corrected chi connectivity index (χ4v) is 5.75. The Bertz CT molecular complexity index is 1170. The third-order valence-electron chi connectivity index (χ3n) is 6.69. The number of carbonyl (C=O) groups is 1. The van der Waals surface area contributed by atoms with Gasteiger partial charge in [-0.15, -0.1) is 0 Å². The first-order chi connectivity index (χ1) is 15.8. The molecular weight excluding hydrogens is 444 g/mol. The lowest BCUT2D eigenvalue weighted by Gasteiger charge is -2.38. The third-order valence-corrected chi connectivity index (χ3v) is 7.29. The molecule has 176 valence electrons. The van der Waals surface area contributed by atoms with Gasteiger partial charge in [-0.25, -0.2) is 8.42 Å². The maximum Gasteiger partial charge on any atom is 0.229 e. The van der Waals surface area contributed by atoms with Crippen LogP contribution < -0.4 is 9.46 Å². The molecule has 1 fully saturated rings. The number of fused-ring (bicyclic) bond motifs is 4. The monoisotopic (exact) mass is 472 g/mol. The second kappa shape index (κ2) is 8.62. The van der Waals surface area contributed by atoms with Crippen molar-refractivity contribution in [1.29, 1.82) is 0 Å². The molecule has 4 atom stereocenters. The van der Waals surface area contributed by atoms with Crippen LogP contribution in [-0.2, 0) is 32.5 Å². The number of nitrogens with zero attached hydrogens (tertiary/aromatic N) is 1. The van der Waals surface area contributed by atoms with E-state index in [0.29, 0.717) is 30.9 Å². The molecule has 2 aromatic carbocycles. The van der Waals surface area contributed by atoms with Crippen LogP contribution in [0.5, 0.6) is 5.75 Å². The molecule has 9 heteroatoms. The van der Waals surface area contributed by atoms with Gasteiger partial charge < -0.3 is 19.5 Å². The van der Waals surface area contributed by atoms with Crippen molar-refractivity contribution < 1.29 is 27.8 Å². The van der Waals surface area contributed by atoms with Gasteiger partial charge in [-0.2, -0.15) is 0 Å². The highest BCUT2D eigenvalue weighted by Crippen LogP contribution is 2.47. The summed E-state index contributed by atoms with van der Waals surface area (Å²) in [5, 5.41) is 9.94. The van der Waals surface area contributed by atoms with Crippen LogP contribution in [0.4, 0.5) is 5.69 Å². The van der Waals surface area contributed by atoms with Gasteiger partial charge in [0.15, 0.2) is 0 Å². The second-order valence-corrected chi connectivity index (χ2v) is 10.8. The number of ether oxygens (including phenoxy) is 2. The van der Waals surface area contributed by atoms with Crippen molar-refractivity contribution in [2.75, 3.05) is 24.1 Å². The van der Waals surface area contributed by atoms with Gasteiger partial charge in [0, 0.05) is 30.3 Å². The Labute approximate surface area is 193 Å². The number of aliphatic hydroxyl groups excluding tert-OH is 1. The van der Waals surface area contributed by atoms with Gasteiger partial charge in [-0.1, -0.05) is 24.3 Å². The second-order valence-electron chi connectivity index (χ2n) is 9.07. The van der Waals surface area contributed by atoms with Gasteiger partial charge in [0.1, 0.15) is 18.0 Å².